The third-order valence-electron chi connectivity index (χ3n) is 4.68. The molecule has 1 aromatic heterocycles. The van der Waals surface area contributed by atoms with Gasteiger partial charge in [0.1, 0.15) is 5.69 Å². The van der Waals surface area contributed by atoms with Crippen molar-refractivity contribution in [3.63, 3.8) is 0 Å². The Labute approximate surface area is 154 Å². The number of rotatable bonds is 4. The van der Waals surface area contributed by atoms with E-state index in [-0.39, 0.29) is 18.4 Å². The Morgan fingerprint density at radius 2 is 1.68 bits per heavy atom. The molecule has 0 radical (unpaired) electrons. The Morgan fingerprint density at radius 3 is 2.40 bits per heavy atom. The van der Waals surface area contributed by atoms with E-state index >= 15 is 0 Å². The van der Waals surface area contributed by atoms with Gasteiger partial charge in [-0.25, -0.2) is 0 Å². The molecule has 0 aliphatic carbocycles. The molecule has 1 aliphatic heterocycles. The summed E-state index contributed by atoms with van der Waals surface area (Å²) in [7, 11) is 0. The molecule has 130 valence electrons. The predicted molar refractivity (Wildman–Crippen MR) is 102 cm³/mol. The van der Waals surface area contributed by atoms with E-state index in [9.17, 15) is 0 Å². The summed E-state index contributed by atoms with van der Waals surface area (Å²) in [6.07, 6.45) is 0. The first-order valence-electron chi connectivity index (χ1n) is 8.33. The van der Waals surface area contributed by atoms with Gasteiger partial charge >= 0.3 is 0 Å². The Kier molecular flexibility index (Phi) is 5.53. The van der Waals surface area contributed by atoms with E-state index in [1.54, 1.807) is 0 Å². The van der Waals surface area contributed by atoms with Crippen molar-refractivity contribution in [1.82, 2.24) is 10.1 Å². The van der Waals surface area contributed by atoms with Gasteiger partial charge in [-0.05, 0) is 5.56 Å². The van der Waals surface area contributed by atoms with E-state index in [0.29, 0.717) is 5.92 Å². The molecule has 2 aromatic carbocycles. The largest absolute Gasteiger partial charge is 0.359 e. The zero-order valence-corrected chi connectivity index (χ0v) is 14.7. The van der Waals surface area contributed by atoms with Crippen LogP contribution in [0.25, 0.3) is 11.3 Å². The maximum Gasteiger partial charge on any atom is 0.151 e. The minimum atomic E-state index is 0. The Morgan fingerprint density at radius 1 is 1.00 bits per heavy atom. The molecular weight excluding hydrogens is 334 g/mol. The van der Waals surface area contributed by atoms with Crippen LogP contribution < -0.4 is 5.73 Å². The van der Waals surface area contributed by atoms with Crippen LogP contribution in [0.3, 0.4) is 0 Å². The van der Waals surface area contributed by atoms with Crippen molar-refractivity contribution in [2.24, 2.45) is 5.73 Å². The van der Waals surface area contributed by atoms with E-state index in [0.717, 1.165) is 36.7 Å². The third kappa shape index (κ3) is 3.93. The molecule has 0 saturated carbocycles. The summed E-state index contributed by atoms with van der Waals surface area (Å²) in [6.45, 7) is 2.57. The molecule has 0 unspecified atom stereocenters. The molecule has 1 fully saturated rings. The summed E-state index contributed by atoms with van der Waals surface area (Å²) in [5.41, 5.74) is 9.64. The van der Waals surface area contributed by atoms with Crippen LogP contribution in [0.4, 0.5) is 0 Å². The number of hydrogen-bond acceptors (Lipinski definition) is 4. The van der Waals surface area contributed by atoms with Crippen molar-refractivity contribution in [2.75, 3.05) is 13.1 Å². The second-order valence-corrected chi connectivity index (χ2v) is 6.42. The van der Waals surface area contributed by atoms with Gasteiger partial charge < -0.3 is 10.3 Å². The van der Waals surface area contributed by atoms with E-state index in [1.807, 2.05) is 42.5 Å². The highest BCUT2D eigenvalue weighted by atomic mass is 35.5. The average molecular weight is 356 g/mol. The van der Waals surface area contributed by atoms with Gasteiger partial charge in [0.25, 0.3) is 0 Å². The minimum absolute atomic E-state index is 0. The zero-order valence-electron chi connectivity index (χ0n) is 13.9. The molecule has 3 aromatic rings. The summed E-state index contributed by atoms with van der Waals surface area (Å²) in [5.74, 6) is 1.26. The number of aromatic nitrogens is 1. The Bertz CT molecular complexity index is 791. The summed E-state index contributed by atoms with van der Waals surface area (Å²) >= 11 is 0. The monoisotopic (exact) mass is 355 g/mol. The van der Waals surface area contributed by atoms with Gasteiger partial charge in [0.15, 0.2) is 5.76 Å². The van der Waals surface area contributed by atoms with Crippen molar-refractivity contribution in [3.8, 4) is 11.3 Å². The van der Waals surface area contributed by atoms with Crippen LogP contribution in [-0.4, -0.2) is 29.2 Å². The molecule has 2 N–H and O–H groups in total. The standard InChI is InChI=1S/C20H21N3O.ClH/c21-19-14-23(13-18(19)15-7-3-1-4-8-15)12-17-11-20(22-24-17)16-9-5-2-6-10-16;/h1-11,18-19H,12-14,21H2;1H/t18-,19+;/m0./s1. The lowest BCUT2D eigenvalue weighted by atomic mass is 9.95. The maximum absolute atomic E-state index is 6.36. The van der Waals surface area contributed by atoms with Gasteiger partial charge in [-0.1, -0.05) is 65.8 Å². The van der Waals surface area contributed by atoms with E-state index < -0.39 is 0 Å². The summed E-state index contributed by atoms with van der Waals surface area (Å²) in [6, 6.07) is 22.8. The smallest absolute Gasteiger partial charge is 0.151 e. The van der Waals surface area contributed by atoms with Crippen LogP contribution in [0, 0.1) is 0 Å². The van der Waals surface area contributed by atoms with Crippen molar-refractivity contribution >= 4 is 12.4 Å². The second kappa shape index (κ2) is 7.83. The molecule has 0 spiro atoms. The third-order valence-corrected chi connectivity index (χ3v) is 4.68. The van der Waals surface area contributed by atoms with Crippen molar-refractivity contribution in [1.29, 1.82) is 0 Å². The Balaban J connectivity index is 0.00000182. The molecule has 1 saturated heterocycles. The fourth-order valence-corrected chi connectivity index (χ4v) is 3.45. The van der Waals surface area contributed by atoms with E-state index in [1.165, 1.54) is 5.56 Å². The number of nitrogens with two attached hydrogens (primary N) is 1. The topological polar surface area (TPSA) is 55.3 Å². The number of nitrogens with zero attached hydrogens (tertiary/aromatic N) is 2. The number of halogens is 1. The Hall–Kier alpha value is -2.14. The first-order valence-corrected chi connectivity index (χ1v) is 8.33. The molecule has 2 atom stereocenters. The van der Waals surface area contributed by atoms with Crippen LogP contribution in [0.1, 0.15) is 17.2 Å². The molecule has 4 rings (SSSR count). The highest BCUT2D eigenvalue weighted by Crippen LogP contribution is 2.28. The van der Waals surface area contributed by atoms with Crippen LogP contribution in [0.15, 0.2) is 71.3 Å². The number of benzene rings is 2. The summed E-state index contributed by atoms with van der Waals surface area (Å²) < 4.78 is 5.52. The first kappa shape index (κ1) is 17.7. The highest BCUT2D eigenvalue weighted by molar-refractivity contribution is 5.85. The van der Waals surface area contributed by atoms with E-state index in [2.05, 4.69) is 34.3 Å². The minimum Gasteiger partial charge on any atom is -0.359 e. The van der Waals surface area contributed by atoms with Crippen LogP contribution in [-0.2, 0) is 6.54 Å². The van der Waals surface area contributed by atoms with Gasteiger partial charge in [0.05, 0.1) is 6.54 Å². The lowest BCUT2D eigenvalue weighted by Gasteiger charge is -2.14. The number of likely N-dealkylation sites (tertiary alicyclic amines) is 1. The van der Waals surface area contributed by atoms with Gasteiger partial charge in [-0.15, -0.1) is 12.4 Å². The average Bonchev–Trinajstić information content (AvgIpc) is 3.23. The fraction of sp³-hybridized carbons (Fsp3) is 0.250. The molecule has 2 heterocycles. The first-order chi connectivity index (χ1) is 11.8. The van der Waals surface area contributed by atoms with Crippen LogP contribution in [0.5, 0.6) is 0 Å². The molecule has 0 bridgehead atoms. The molecule has 4 nitrogen and oxygen atoms in total. The second-order valence-electron chi connectivity index (χ2n) is 6.42. The lowest BCUT2D eigenvalue weighted by molar-refractivity contribution is 0.270. The highest BCUT2D eigenvalue weighted by Gasteiger charge is 2.31. The van der Waals surface area contributed by atoms with Crippen LogP contribution >= 0.6 is 12.4 Å². The summed E-state index contributed by atoms with van der Waals surface area (Å²) in [5, 5.41) is 4.19. The zero-order chi connectivity index (χ0) is 16.4. The molecule has 5 heteroatoms. The van der Waals surface area contributed by atoms with E-state index in [4.69, 9.17) is 10.3 Å². The van der Waals surface area contributed by atoms with Gasteiger partial charge in [-0.2, -0.15) is 0 Å². The lowest BCUT2D eigenvalue weighted by Crippen LogP contribution is -2.28. The van der Waals surface area contributed by atoms with Gasteiger partial charge in [-0.3, -0.25) is 4.90 Å². The number of hydrogen-bond donors (Lipinski definition) is 1. The van der Waals surface area contributed by atoms with Crippen LogP contribution in [0.2, 0.25) is 0 Å². The normalized spacial score (nSPS) is 20.4. The van der Waals surface area contributed by atoms with Crippen molar-refractivity contribution < 1.29 is 4.52 Å². The van der Waals surface area contributed by atoms with Crippen molar-refractivity contribution in [2.45, 2.75) is 18.5 Å². The van der Waals surface area contributed by atoms with Gasteiger partial charge in [0.2, 0.25) is 0 Å². The molecule has 25 heavy (non-hydrogen) atoms. The maximum atomic E-state index is 6.36. The molecular formula is C20H22ClN3O. The molecule has 0 amide bonds. The molecule has 1 aliphatic rings. The SMILES string of the molecule is Cl.N[C@@H]1CN(Cc2cc(-c3ccccc3)no2)C[C@H]1c1ccccc1. The predicted octanol–water partition coefficient (Wildman–Crippen LogP) is 3.69. The van der Waals surface area contributed by atoms with Crippen molar-refractivity contribution in [3.05, 3.63) is 78.1 Å². The van der Waals surface area contributed by atoms with Gasteiger partial charge in [0, 0.05) is 36.7 Å². The quantitative estimate of drug-likeness (QED) is 0.775. The summed E-state index contributed by atoms with van der Waals surface area (Å²) in [4.78, 5) is 2.34. The fourth-order valence-electron chi connectivity index (χ4n) is 3.45.